The molecule has 0 bridgehead atoms. The van der Waals surface area contributed by atoms with Crippen LogP contribution in [0.3, 0.4) is 0 Å². The van der Waals surface area contributed by atoms with Gasteiger partial charge in [0, 0.05) is 20.1 Å². The van der Waals surface area contributed by atoms with Crippen molar-refractivity contribution in [1.29, 1.82) is 0 Å². The molecule has 0 radical (unpaired) electrons. The van der Waals surface area contributed by atoms with Crippen LogP contribution < -0.4 is 10.6 Å². The smallest absolute Gasteiger partial charge is 0.221 e. The largest absolute Gasteiger partial charge is 0.325 e. The molecule has 0 fully saturated rings. The number of carbonyl (C=O) groups excluding carboxylic acids is 2. The van der Waals surface area contributed by atoms with Crippen LogP contribution in [0, 0.1) is 5.82 Å². The summed E-state index contributed by atoms with van der Waals surface area (Å²) >= 11 is 0. The Morgan fingerprint density at radius 1 is 0.957 bits per heavy atom. The number of nitrogens with one attached hydrogen (secondary N) is 2. The highest BCUT2D eigenvalue weighted by Crippen LogP contribution is 2.27. The fraction of sp³-hybridized carbons (Fsp3) is 0.118. The van der Waals surface area contributed by atoms with Crippen LogP contribution in [0.15, 0.2) is 47.5 Å². The Hall–Kier alpha value is -3.02. The van der Waals surface area contributed by atoms with Crippen molar-refractivity contribution >= 4 is 35.1 Å². The molecule has 0 aromatic heterocycles. The molecule has 5 nitrogen and oxygen atoms in total. The number of benzene rings is 2. The van der Waals surface area contributed by atoms with Crippen LogP contribution >= 0.6 is 0 Å². The highest BCUT2D eigenvalue weighted by atomic mass is 19.1. The van der Waals surface area contributed by atoms with E-state index >= 15 is 0 Å². The fourth-order valence-corrected chi connectivity index (χ4v) is 1.90. The van der Waals surface area contributed by atoms with E-state index in [2.05, 4.69) is 15.6 Å². The van der Waals surface area contributed by atoms with Gasteiger partial charge in [-0.25, -0.2) is 4.39 Å². The minimum Gasteiger partial charge on any atom is -0.325 e. The molecule has 0 aliphatic rings. The summed E-state index contributed by atoms with van der Waals surface area (Å²) in [4.78, 5) is 26.7. The molecular formula is C17H16FN3O2. The molecule has 0 saturated carbocycles. The first-order chi connectivity index (χ1) is 10.9. The van der Waals surface area contributed by atoms with Gasteiger partial charge in [-0.1, -0.05) is 12.1 Å². The van der Waals surface area contributed by atoms with E-state index in [-0.39, 0.29) is 17.6 Å². The first kappa shape index (κ1) is 16.4. The molecule has 2 rings (SSSR count). The van der Waals surface area contributed by atoms with Gasteiger partial charge in [-0.05, 0) is 35.9 Å². The topological polar surface area (TPSA) is 70.6 Å². The maximum absolute atomic E-state index is 12.9. The van der Waals surface area contributed by atoms with Gasteiger partial charge in [0.15, 0.2) is 0 Å². The standard InChI is InChI=1S/C17H16FN3O2/c1-11(22)20-16-8-7-15(9-17(16)21-12(2)23)19-10-13-3-5-14(18)6-4-13/h3-10H,1-2H3,(H,20,22)(H,21,23). The zero-order chi connectivity index (χ0) is 16.8. The number of halogens is 1. The van der Waals surface area contributed by atoms with Crippen molar-refractivity contribution in [3.05, 3.63) is 53.8 Å². The minimum atomic E-state index is -0.310. The van der Waals surface area contributed by atoms with Crippen LogP contribution in [-0.4, -0.2) is 18.0 Å². The molecule has 2 aromatic carbocycles. The van der Waals surface area contributed by atoms with E-state index in [0.717, 1.165) is 5.56 Å². The summed E-state index contributed by atoms with van der Waals surface area (Å²) in [7, 11) is 0. The summed E-state index contributed by atoms with van der Waals surface area (Å²) in [6.07, 6.45) is 1.59. The third kappa shape index (κ3) is 5.03. The number of anilines is 2. The van der Waals surface area contributed by atoms with Crippen LogP contribution in [0.1, 0.15) is 19.4 Å². The van der Waals surface area contributed by atoms with E-state index in [0.29, 0.717) is 17.1 Å². The van der Waals surface area contributed by atoms with Crippen molar-refractivity contribution in [1.82, 2.24) is 0 Å². The Morgan fingerprint density at radius 3 is 2.17 bits per heavy atom. The van der Waals surface area contributed by atoms with Gasteiger partial charge in [-0.2, -0.15) is 0 Å². The lowest BCUT2D eigenvalue weighted by atomic mass is 10.2. The minimum absolute atomic E-state index is 0.237. The average molecular weight is 313 g/mol. The van der Waals surface area contributed by atoms with Crippen molar-refractivity contribution in [2.24, 2.45) is 4.99 Å². The van der Waals surface area contributed by atoms with Crippen LogP contribution in [0.25, 0.3) is 0 Å². The second-order valence-electron chi connectivity index (χ2n) is 4.90. The number of hydrogen-bond donors (Lipinski definition) is 2. The number of aliphatic imine (C=N–C) groups is 1. The molecule has 0 unspecified atom stereocenters. The van der Waals surface area contributed by atoms with E-state index in [1.54, 1.807) is 36.5 Å². The van der Waals surface area contributed by atoms with Crippen molar-refractivity contribution in [3.8, 4) is 0 Å². The van der Waals surface area contributed by atoms with Crippen LogP contribution in [0.2, 0.25) is 0 Å². The van der Waals surface area contributed by atoms with Gasteiger partial charge < -0.3 is 10.6 Å². The van der Waals surface area contributed by atoms with E-state index in [4.69, 9.17) is 0 Å². The maximum atomic E-state index is 12.9. The summed E-state index contributed by atoms with van der Waals surface area (Å²) in [5, 5.41) is 5.29. The number of carbonyl (C=O) groups is 2. The average Bonchev–Trinajstić information content (AvgIpc) is 2.48. The van der Waals surface area contributed by atoms with Gasteiger partial charge in [-0.15, -0.1) is 0 Å². The molecular weight excluding hydrogens is 297 g/mol. The van der Waals surface area contributed by atoms with Gasteiger partial charge in [0.05, 0.1) is 17.1 Å². The number of hydrogen-bond acceptors (Lipinski definition) is 3. The highest BCUT2D eigenvalue weighted by molar-refractivity contribution is 5.99. The lowest BCUT2D eigenvalue weighted by Crippen LogP contribution is -2.12. The second-order valence-corrected chi connectivity index (χ2v) is 4.90. The first-order valence-electron chi connectivity index (χ1n) is 6.93. The molecule has 118 valence electrons. The van der Waals surface area contributed by atoms with Gasteiger partial charge in [-0.3, -0.25) is 14.6 Å². The van der Waals surface area contributed by atoms with Crippen molar-refractivity contribution in [3.63, 3.8) is 0 Å². The molecule has 0 aliphatic carbocycles. The Bertz CT molecular complexity index is 755. The third-order valence-corrected chi connectivity index (χ3v) is 2.86. The van der Waals surface area contributed by atoms with E-state index in [1.807, 2.05) is 0 Å². The first-order valence-corrected chi connectivity index (χ1v) is 6.93. The molecule has 23 heavy (non-hydrogen) atoms. The summed E-state index contributed by atoms with van der Waals surface area (Å²) in [6.45, 7) is 2.77. The SMILES string of the molecule is CC(=O)Nc1ccc(N=Cc2ccc(F)cc2)cc1NC(C)=O. The van der Waals surface area contributed by atoms with E-state index < -0.39 is 0 Å². The van der Waals surface area contributed by atoms with Crippen LogP contribution in [0.5, 0.6) is 0 Å². The maximum Gasteiger partial charge on any atom is 0.221 e. The number of amides is 2. The van der Waals surface area contributed by atoms with Gasteiger partial charge >= 0.3 is 0 Å². The van der Waals surface area contributed by atoms with Crippen molar-refractivity contribution in [2.75, 3.05) is 10.6 Å². The van der Waals surface area contributed by atoms with Crippen LogP contribution in [-0.2, 0) is 9.59 Å². The van der Waals surface area contributed by atoms with Gasteiger partial charge in [0.2, 0.25) is 11.8 Å². The number of nitrogens with zero attached hydrogens (tertiary/aromatic N) is 1. The molecule has 2 amide bonds. The third-order valence-electron chi connectivity index (χ3n) is 2.86. The van der Waals surface area contributed by atoms with Crippen molar-refractivity contribution in [2.45, 2.75) is 13.8 Å². The van der Waals surface area contributed by atoms with Crippen LogP contribution in [0.4, 0.5) is 21.5 Å². The zero-order valence-electron chi connectivity index (χ0n) is 12.8. The molecule has 0 aliphatic heterocycles. The highest BCUT2D eigenvalue weighted by Gasteiger charge is 2.06. The Labute approximate surface area is 133 Å². The lowest BCUT2D eigenvalue weighted by Gasteiger charge is -2.11. The summed E-state index contributed by atoms with van der Waals surface area (Å²) in [5.74, 6) is -0.801. The normalized spacial score (nSPS) is 10.6. The monoisotopic (exact) mass is 313 g/mol. The van der Waals surface area contributed by atoms with Crippen molar-refractivity contribution < 1.29 is 14.0 Å². The lowest BCUT2D eigenvalue weighted by molar-refractivity contribution is -0.115. The molecule has 2 aromatic rings. The summed E-state index contributed by atoms with van der Waals surface area (Å²) in [5.41, 5.74) is 2.29. The fourth-order valence-electron chi connectivity index (χ4n) is 1.90. The quantitative estimate of drug-likeness (QED) is 0.848. The van der Waals surface area contributed by atoms with E-state index in [1.165, 1.54) is 26.0 Å². The second kappa shape index (κ2) is 7.31. The van der Waals surface area contributed by atoms with Gasteiger partial charge in [0.25, 0.3) is 0 Å². The van der Waals surface area contributed by atoms with Gasteiger partial charge in [0.1, 0.15) is 5.82 Å². The molecule has 0 saturated heterocycles. The molecule has 0 spiro atoms. The van der Waals surface area contributed by atoms with E-state index in [9.17, 15) is 14.0 Å². The Morgan fingerprint density at radius 2 is 1.57 bits per heavy atom. The molecule has 0 heterocycles. The predicted molar refractivity (Wildman–Crippen MR) is 88.7 cm³/mol. The zero-order valence-corrected chi connectivity index (χ0v) is 12.8. The Kier molecular flexibility index (Phi) is 5.19. The Balaban J connectivity index is 2.26. The predicted octanol–water partition coefficient (Wildman–Crippen LogP) is 3.49. The summed E-state index contributed by atoms with van der Waals surface area (Å²) < 4.78 is 12.9. The molecule has 0 atom stereocenters. The molecule has 2 N–H and O–H groups in total. The molecule has 6 heteroatoms. The summed E-state index contributed by atoms with van der Waals surface area (Å²) in [6, 6.07) is 10.9. The number of rotatable bonds is 4.